The standard InChI is InChI=1S/C36H53NO13.2Ac/c1-7-8-14-47-32(44)37-25(20-12-10-9-11-13-20)27(41)31(43)50-21-16-36(46)30(49-19(3)38)28-34(6,22(39)15-23-35(28,45)17-48-23)29(42)26(40)24(18(21)2)33(36,4)5;;/h7-8,20-23,25-28,30,39-41,45-46H,9-17H2,1-6H3,(H,37,44);;/b8-7+;;/t21?,22-,23+,25-,26+,27+,28-,30-,34+,35-,36+;;/m0../s1. The Hall–Kier alpha value is 0.00312. The minimum Gasteiger partial charge on any atom is -0.459 e. The predicted molar refractivity (Wildman–Crippen MR) is 175 cm³/mol. The van der Waals surface area contributed by atoms with E-state index in [0.29, 0.717) is 12.8 Å². The van der Waals surface area contributed by atoms with E-state index in [9.17, 15) is 44.7 Å². The van der Waals surface area contributed by atoms with Crippen molar-refractivity contribution >= 4 is 23.8 Å². The molecule has 5 rings (SSSR count). The molecule has 0 aromatic rings. The minimum absolute atomic E-state index is 0. The van der Waals surface area contributed by atoms with E-state index in [0.717, 1.165) is 26.2 Å². The smallest absolute Gasteiger partial charge is 0.407 e. The van der Waals surface area contributed by atoms with E-state index in [1.54, 1.807) is 32.9 Å². The molecule has 52 heavy (non-hydrogen) atoms. The van der Waals surface area contributed by atoms with Crippen LogP contribution in [0.4, 0.5) is 4.79 Å². The zero-order valence-electron chi connectivity index (χ0n) is 30.9. The van der Waals surface area contributed by atoms with Crippen LogP contribution in [0, 0.1) is 111 Å². The molecule has 0 spiro atoms. The van der Waals surface area contributed by atoms with Crippen molar-refractivity contribution in [2.75, 3.05) is 13.2 Å². The Labute approximate surface area is 376 Å². The zero-order chi connectivity index (χ0) is 37.0. The Morgan fingerprint density at radius 1 is 1.06 bits per heavy atom. The summed E-state index contributed by atoms with van der Waals surface area (Å²) in [6.45, 7) is 8.65. The van der Waals surface area contributed by atoms with Gasteiger partial charge in [-0.05, 0) is 50.7 Å². The molecule has 3 saturated carbocycles. The Morgan fingerprint density at radius 2 is 1.69 bits per heavy atom. The summed E-state index contributed by atoms with van der Waals surface area (Å²) in [4.78, 5) is 53.7. The van der Waals surface area contributed by atoms with E-state index in [-0.39, 0.29) is 125 Å². The van der Waals surface area contributed by atoms with Gasteiger partial charge >= 0.3 is 18.0 Å². The molecule has 4 fully saturated rings. The zero-order valence-corrected chi connectivity index (χ0v) is 40.4. The van der Waals surface area contributed by atoms with Gasteiger partial charge < -0.3 is 49.8 Å². The maximum atomic E-state index is 14.4. The van der Waals surface area contributed by atoms with Crippen LogP contribution < -0.4 is 5.32 Å². The fraction of sp³-hybridized carbons (Fsp3) is 0.778. The summed E-state index contributed by atoms with van der Waals surface area (Å²) in [5.74, 6) is -4.52. The van der Waals surface area contributed by atoms with E-state index in [1.807, 2.05) is 0 Å². The number of allylic oxidation sites excluding steroid dienone is 1. The molecule has 6 N–H and O–H groups in total. The predicted octanol–water partition coefficient (Wildman–Crippen LogP) is 1.38. The topological polar surface area (TPSA) is 218 Å². The number of ketones is 1. The fourth-order valence-electron chi connectivity index (χ4n) is 9.50. The van der Waals surface area contributed by atoms with Gasteiger partial charge in [-0.2, -0.15) is 0 Å². The van der Waals surface area contributed by atoms with Crippen molar-refractivity contribution in [3.8, 4) is 0 Å². The summed E-state index contributed by atoms with van der Waals surface area (Å²) >= 11 is 0. The molecule has 0 aromatic heterocycles. The van der Waals surface area contributed by atoms with Gasteiger partial charge in [0.1, 0.15) is 36.1 Å². The molecule has 11 atom stereocenters. The van der Waals surface area contributed by atoms with Crippen LogP contribution in [0.1, 0.15) is 86.5 Å². The maximum absolute atomic E-state index is 14.4. The quantitative estimate of drug-likeness (QED) is 0.115. The van der Waals surface area contributed by atoms with Gasteiger partial charge in [-0.3, -0.25) is 9.59 Å². The Bertz CT molecular complexity index is 1430. The monoisotopic (exact) mass is 1160 g/mol. The SMILES string of the molecule is C/C=C/COC(=O)N[C@@H](C1CCCCC1)[C@@H](O)C(=O)OC1C[C@@]2(O)[C@@H](OC(C)=O)[C@@H]3[C@]4(O)CO[C@@H]4C[C@H](O)[C@@]3(C)C(=O)[C@H](O)C(=C1C)C2(C)C.[Ac].[Ac]. The second kappa shape index (κ2) is 17.6. The molecule has 1 heterocycles. The Morgan fingerprint density at radius 3 is 2.25 bits per heavy atom. The van der Waals surface area contributed by atoms with Crippen LogP contribution in [0.5, 0.6) is 0 Å². The number of amides is 1. The molecule has 1 saturated heterocycles. The fourth-order valence-corrected chi connectivity index (χ4v) is 9.50. The number of Topliss-reactive ketones (excluding diaryl/α,β-unsaturated/α-hetero) is 1. The summed E-state index contributed by atoms with van der Waals surface area (Å²) in [7, 11) is 0. The second-order valence-corrected chi connectivity index (χ2v) is 15.6. The van der Waals surface area contributed by atoms with Crippen LogP contribution in [0.15, 0.2) is 23.3 Å². The summed E-state index contributed by atoms with van der Waals surface area (Å²) < 4.78 is 22.5. The van der Waals surface area contributed by atoms with Crippen LogP contribution in [0.2, 0.25) is 0 Å². The van der Waals surface area contributed by atoms with E-state index < -0.39 is 101 Å². The average molecular weight is 1160 g/mol. The first kappa shape index (κ1) is 46.4. The van der Waals surface area contributed by atoms with Crippen LogP contribution in [0.3, 0.4) is 0 Å². The number of esters is 2. The summed E-state index contributed by atoms with van der Waals surface area (Å²) in [6, 6.07) is -1.06. The number of hydrogen-bond acceptors (Lipinski definition) is 13. The van der Waals surface area contributed by atoms with E-state index in [2.05, 4.69) is 5.32 Å². The van der Waals surface area contributed by atoms with Crippen molar-refractivity contribution in [3.63, 3.8) is 0 Å². The van der Waals surface area contributed by atoms with Gasteiger partial charge in [-0.25, -0.2) is 9.59 Å². The molecule has 286 valence electrons. The van der Waals surface area contributed by atoms with Crippen LogP contribution in [-0.4, -0.2) is 116 Å². The number of aliphatic hydroxyl groups is 5. The van der Waals surface area contributed by atoms with Gasteiger partial charge in [0.05, 0.1) is 30.3 Å². The number of ether oxygens (including phenoxy) is 4. The van der Waals surface area contributed by atoms with Crippen LogP contribution >= 0.6 is 0 Å². The molecule has 2 bridgehead atoms. The molecule has 4 aliphatic carbocycles. The molecule has 0 aromatic carbocycles. The van der Waals surface area contributed by atoms with Gasteiger partial charge in [-0.15, -0.1) is 0 Å². The van der Waals surface area contributed by atoms with Crippen molar-refractivity contribution in [2.45, 2.75) is 140 Å². The molecule has 16 heteroatoms. The minimum atomic E-state index is -2.21. The first-order chi connectivity index (χ1) is 23.4. The number of rotatable bonds is 8. The third-order valence-corrected chi connectivity index (χ3v) is 12.5. The van der Waals surface area contributed by atoms with Crippen molar-refractivity contribution < 1.29 is 152 Å². The van der Waals surface area contributed by atoms with Crippen molar-refractivity contribution in [3.05, 3.63) is 23.3 Å². The first-order valence-electron chi connectivity index (χ1n) is 17.6. The summed E-state index contributed by atoms with van der Waals surface area (Å²) in [5.41, 5.74) is -7.22. The van der Waals surface area contributed by atoms with Gasteiger partial charge in [0.25, 0.3) is 0 Å². The number of hydrogen-bond donors (Lipinski definition) is 6. The average Bonchev–Trinajstić information content (AvgIpc) is 3.05. The molecule has 1 unspecified atom stereocenters. The summed E-state index contributed by atoms with van der Waals surface area (Å²) in [6.07, 6.45) is -3.26. The number of nitrogens with one attached hydrogen (secondary N) is 1. The summed E-state index contributed by atoms with van der Waals surface area (Å²) in [5, 5.41) is 62.3. The van der Waals surface area contributed by atoms with Crippen molar-refractivity contribution in [2.24, 2.45) is 22.7 Å². The first-order valence-corrected chi connectivity index (χ1v) is 17.6. The number of alkyl carbamates (subject to hydrolysis) is 1. The van der Waals surface area contributed by atoms with Crippen LogP contribution in [-0.2, 0) is 33.3 Å². The van der Waals surface area contributed by atoms with Gasteiger partial charge in [-0.1, -0.05) is 45.3 Å². The molecule has 5 aliphatic rings. The molecular formula is C36H53Ac2NO13. The third-order valence-electron chi connectivity index (χ3n) is 12.5. The number of aliphatic hydroxyl groups excluding tert-OH is 3. The maximum Gasteiger partial charge on any atom is 0.407 e. The third kappa shape index (κ3) is 7.94. The van der Waals surface area contributed by atoms with E-state index in [1.165, 1.54) is 13.8 Å². The molecular weight excluding hydrogens is 1110 g/mol. The largest absolute Gasteiger partial charge is 0.459 e. The van der Waals surface area contributed by atoms with Gasteiger partial charge in [0.2, 0.25) is 0 Å². The Kier molecular flexibility index (Phi) is 15.7. The molecule has 1 amide bonds. The molecule has 1 aliphatic heterocycles. The second-order valence-electron chi connectivity index (χ2n) is 15.6. The number of fused-ring (bicyclic) bond motifs is 5. The normalized spacial score (nSPS) is 38.0. The number of carbonyl (C=O) groups is 4. The Balaban J connectivity index is 0.00000364. The van der Waals surface area contributed by atoms with Gasteiger partial charge in [0.15, 0.2) is 11.9 Å². The van der Waals surface area contributed by atoms with E-state index in [4.69, 9.17) is 18.9 Å². The number of carbonyl (C=O) groups excluding carboxylic acids is 4. The van der Waals surface area contributed by atoms with Crippen molar-refractivity contribution in [1.29, 1.82) is 0 Å². The molecule has 2 radical (unpaired) electrons. The van der Waals surface area contributed by atoms with Gasteiger partial charge in [0, 0.05) is 119 Å². The van der Waals surface area contributed by atoms with Crippen molar-refractivity contribution in [1.82, 2.24) is 5.32 Å². The van der Waals surface area contributed by atoms with E-state index >= 15 is 0 Å². The van der Waals surface area contributed by atoms with Crippen LogP contribution in [0.25, 0.3) is 0 Å². The molecule has 14 nitrogen and oxygen atoms in total.